The van der Waals surface area contributed by atoms with Gasteiger partial charge in [-0.3, -0.25) is 9.59 Å². The van der Waals surface area contributed by atoms with Crippen molar-refractivity contribution in [2.24, 2.45) is 11.3 Å². The first kappa shape index (κ1) is 19.7. The van der Waals surface area contributed by atoms with Crippen molar-refractivity contribution >= 4 is 22.6 Å². The molecule has 1 aliphatic carbocycles. The summed E-state index contributed by atoms with van der Waals surface area (Å²) in [6, 6.07) is 9.97. The molecular formula is C23H21F2N3O3. The van der Waals surface area contributed by atoms with Gasteiger partial charge < -0.3 is 10.0 Å². The molecule has 1 aliphatic heterocycles. The normalized spacial score (nSPS) is 20.1. The van der Waals surface area contributed by atoms with Gasteiger partial charge in [-0.05, 0) is 49.8 Å². The summed E-state index contributed by atoms with van der Waals surface area (Å²) in [7, 11) is 0. The van der Waals surface area contributed by atoms with E-state index in [-0.39, 0.29) is 11.6 Å². The Labute approximate surface area is 176 Å². The summed E-state index contributed by atoms with van der Waals surface area (Å²) in [5.41, 5.74) is -1.30. The molecule has 0 amide bonds. The Morgan fingerprint density at radius 1 is 1.13 bits per heavy atom. The maximum absolute atomic E-state index is 14.5. The largest absolute Gasteiger partial charge is 0.481 e. The maximum atomic E-state index is 14.5. The summed E-state index contributed by atoms with van der Waals surface area (Å²) >= 11 is 0. The summed E-state index contributed by atoms with van der Waals surface area (Å²) in [5.74, 6) is -1.88. The van der Waals surface area contributed by atoms with Gasteiger partial charge in [-0.25, -0.2) is 8.78 Å². The number of aliphatic carboxylic acids is 1. The van der Waals surface area contributed by atoms with Gasteiger partial charge in [-0.2, -0.15) is 4.68 Å². The molecule has 160 valence electrons. The molecule has 1 N–H and O–H groups in total. The molecular weight excluding hydrogens is 404 g/mol. The van der Waals surface area contributed by atoms with Crippen LogP contribution in [0.25, 0.3) is 16.5 Å². The van der Waals surface area contributed by atoms with Crippen LogP contribution < -0.4 is 10.5 Å². The lowest BCUT2D eigenvalue weighted by Crippen LogP contribution is -2.42. The number of fused-ring (bicyclic) bond motifs is 1. The van der Waals surface area contributed by atoms with Crippen LogP contribution in [-0.4, -0.2) is 33.9 Å². The van der Waals surface area contributed by atoms with Crippen molar-refractivity contribution in [1.29, 1.82) is 0 Å². The second-order valence-corrected chi connectivity index (χ2v) is 8.43. The predicted octanol–water partition coefficient (Wildman–Crippen LogP) is 3.75. The van der Waals surface area contributed by atoms with E-state index in [1.165, 1.54) is 6.07 Å². The number of aromatic nitrogens is 2. The lowest BCUT2D eigenvalue weighted by molar-refractivity contribution is -0.145. The fourth-order valence-electron chi connectivity index (χ4n) is 4.77. The van der Waals surface area contributed by atoms with Crippen LogP contribution in [0, 0.1) is 23.0 Å². The van der Waals surface area contributed by atoms with Crippen LogP contribution in [0.3, 0.4) is 0 Å². The zero-order valence-electron chi connectivity index (χ0n) is 16.7. The first-order valence-corrected chi connectivity index (χ1v) is 10.4. The number of nitrogens with zero attached hydrogens (tertiary/aromatic N) is 3. The smallest absolute Gasteiger partial charge is 0.309 e. The highest BCUT2D eigenvalue weighted by atomic mass is 19.1. The molecule has 1 aromatic heterocycles. The Balaban J connectivity index is 1.64. The number of carbonyl (C=O) groups is 1. The molecule has 0 spiro atoms. The highest BCUT2D eigenvalue weighted by Crippen LogP contribution is 2.55. The highest BCUT2D eigenvalue weighted by molar-refractivity contribution is 5.91. The van der Waals surface area contributed by atoms with E-state index >= 15 is 0 Å². The van der Waals surface area contributed by atoms with Gasteiger partial charge in [0.1, 0.15) is 11.5 Å². The summed E-state index contributed by atoms with van der Waals surface area (Å²) in [6.45, 7) is 1.17. The number of hydrogen-bond donors (Lipinski definition) is 1. The maximum Gasteiger partial charge on any atom is 0.309 e. The molecule has 31 heavy (non-hydrogen) atoms. The van der Waals surface area contributed by atoms with Gasteiger partial charge in [-0.15, -0.1) is 5.10 Å². The molecule has 1 saturated carbocycles. The van der Waals surface area contributed by atoms with Crippen LogP contribution in [0.15, 0.2) is 47.3 Å². The summed E-state index contributed by atoms with van der Waals surface area (Å²) in [4.78, 5) is 26.9. The highest BCUT2D eigenvalue weighted by Gasteiger charge is 2.56. The van der Waals surface area contributed by atoms with Crippen molar-refractivity contribution < 1.29 is 18.7 Å². The Morgan fingerprint density at radius 3 is 2.55 bits per heavy atom. The van der Waals surface area contributed by atoms with E-state index in [9.17, 15) is 23.5 Å². The number of piperidine rings is 1. The van der Waals surface area contributed by atoms with E-state index < -0.39 is 28.6 Å². The van der Waals surface area contributed by atoms with E-state index in [2.05, 4.69) is 5.10 Å². The average Bonchev–Trinajstić information content (AvgIpc) is 3.57. The molecule has 5 rings (SSSR count). The van der Waals surface area contributed by atoms with E-state index in [4.69, 9.17) is 0 Å². The van der Waals surface area contributed by atoms with Gasteiger partial charge in [0, 0.05) is 24.5 Å². The number of halogens is 2. The number of rotatable bonds is 4. The van der Waals surface area contributed by atoms with Crippen LogP contribution in [0.2, 0.25) is 0 Å². The molecule has 0 bridgehead atoms. The quantitative estimate of drug-likeness (QED) is 0.689. The SMILES string of the molecule is O=C(O)C1(C2CCCN(c3nn(-c4ccc(F)cc4F)c(=O)c4ccccc34)C2)CC1. The van der Waals surface area contributed by atoms with E-state index in [1.807, 2.05) is 4.90 Å². The van der Waals surface area contributed by atoms with Gasteiger partial charge in [0.2, 0.25) is 0 Å². The Morgan fingerprint density at radius 2 is 1.87 bits per heavy atom. The van der Waals surface area contributed by atoms with Crippen LogP contribution in [0.1, 0.15) is 25.7 Å². The van der Waals surface area contributed by atoms with Crippen molar-refractivity contribution in [1.82, 2.24) is 9.78 Å². The molecule has 0 radical (unpaired) electrons. The molecule has 6 nitrogen and oxygen atoms in total. The zero-order chi connectivity index (χ0) is 21.8. The van der Waals surface area contributed by atoms with E-state index in [0.29, 0.717) is 42.5 Å². The predicted molar refractivity (Wildman–Crippen MR) is 111 cm³/mol. The molecule has 2 fully saturated rings. The van der Waals surface area contributed by atoms with Gasteiger partial charge in [0.25, 0.3) is 5.56 Å². The molecule has 1 atom stereocenters. The molecule has 2 aliphatic rings. The Hall–Kier alpha value is -3.29. The van der Waals surface area contributed by atoms with Crippen LogP contribution >= 0.6 is 0 Å². The van der Waals surface area contributed by atoms with Gasteiger partial charge in [0.15, 0.2) is 11.6 Å². The third-order valence-corrected chi connectivity index (χ3v) is 6.64. The Bertz CT molecular complexity index is 1250. The molecule has 3 aromatic rings. The summed E-state index contributed by atoms with van der Waals surface area (Å²) in [6.07, 6.45) is 2.98. The fraction of sp³-hybridized carbons (Fsp3) is 0.348. The topological polar surface area (TPSA) is 75.4 Å². The number of hydrogen-bond acceptors (Lipinski definition) is 4. The van der Waals surface area contributed by atoms with Crippen molar-refractivity contribution in [2.75, 3.05) is 18.0 Å². The van der Waals surface area contributed by atoms with E-state index in [1.54, 1.807) is 24.3 Å². The third-order valence-electron chi connectivity index (χ3n) is 6.64. The van der Waals surface area contributed by atoms with Crippen molar-refractivity contribution in [3.63, 3.8) is 0 Å². The molecule has 8 heteroatoms. The van der Waals surface area contributed by atoms with Gasteiger partial charge in [0.05, 0.1) is 10.8 Å². The number of anilines is 1. The van der Waals surface area contributed by atoms with Gasteiger partial charge in [-0.1, -0.05) is 18.2 Å². The van der Waals surface area contributed by atoms with E-state index in [0.717, 1.165) is 29.7 Å². The molecule has 1 unspecified atom stereocenters. The average molecular weight is 425 g/mol. The van der Waals surface area contributed by atoms with Crippen LogP contribution in [-0.2, 0) is 4.79 Å². The lowest BCUT2D eigenvalue weighted by atomic mass is 9.82. The summed E-state index contributed by atoms with van der Waals surface area (Å²) in [5, 5.41) is 15.2. The minimum Gasteiger partial charge on any atom is -0.481 e. The monoisotopic (exact) mass is 425 g/mol. The lowest BCUT2D eigenvalue weighted by Gasteiger charge is -2.37. The Kier molecular flexibility index (Phi) is 4.53. The fourth-order valence-corrected chi connectivity index (χ4v) is 4.77. The summed E-state index contributed by atoms with van der Waals surface area (Å²) < 4.78 is 28.9. The zero-order valence-corrected chi connectivity index (χ0v) is 16.7. The molecule has 2 heterocycles. The first-order chi connectivity index (χ1) is 14.9. The van der Waals surface area contributed by atoms with Crippen molar-refractivity contribution in [3.8, 4) is 5.69 Å². The number of benzene rings is 2. The number of carboxylic acids is 1. The van der Waals surface area contributed by atoms with Crippen LogP contribution in [0.4, 0.5) is 14.6 Å². The third kappa shape index (κ3) is 3.17. The van der Waals surface area contributed by atoms with Gasteiger partial charge >= 0.3 is 5.97 Å². The molecule has 2 aromatic carbocycles. The van der Waals surface area contributed by atoms with Crippen LogP contribution in [0.5, 0.6) is 0 Å². The van der Waals surface area contributed by atoms with Crippen molar-refractivity contribution in [2.45, 2.75) is 25.7 Å². The minimum atomic E-state index is -0.879. The second kappa shape index (κ2) is 7.14. The minimum absolute atomic E-state index is 0.0118. The van der Waals surface area contributed by atoms with Crippen molar-refractivity contribution in [3.05, 3.63) is 64.5 Å². The standard InChI is InChI=1S/C23H21F2N3O3/c24-15-7-8-19(18(25)12-15)28-21(29)17-6-2-1-5-16(17)20(26-28)27-11-3-4-14(13-27)23(9-10-23)22(30)31/h1-2,5-8,12,14H,3-4,9-11,13H2,(H,30,31). The second-order valence-electron chi connectivity index (χ2n) is 8.43. The number of carboxylic acid groups (broad SMARTS) is 1. The first-order valence-electron chi connectivity index (χ1n) is 10.4. The molecule has 1 saturated heterocycles.